The number of Topliss-reactive ketones (excluding diaryl/α,β-unsaturated/α-hetero) is 1. The van der Waals surface area contributed by atoms with E-state index < -0.39 is 5.91 Å². The van der Waals surface area contributed by atoms with Gasteiger partial charge >= 0.3 is 0 Å². The Hall–Kier alpha value is -1.56. The maximum absolute atomic E-state index is 11.4. The Morgan fingerprint density at radius 3 is 2.28 bits per heavy atom. The fraction of sp³-hybridized carbons (Fsp3) is 0.500. The van der Waals surface area contributed by atoms with Crippen LogP contribution in [-0.2, 0) is 0 Å². The summed E-state index contributed by atoms with van der Waals surface area (Å²) in [6.45, 7) is 5.52. The van der Waals surface area contributed by atoms with Crippen LogP contribution < -0.4 is 16.8 Å². The molecule has 0 aliphatic rings. The summed E-state index contributed by atoms with van der Waals surface area (Å²) >= 11 is 1.20. The molecule has 1 aromatic heterocycles. The van der Waals surface area contributed by atoms with Gasteiger partial charge in [0, 0.05) is 13.0 Å². The molecule has 1 aromatic rings. The lowest BCUT2D eigenvalue weighted by molar-refractivity contribution is 0.100. The quantitative estimate of drug-likeness (QED) is 0.690. The van der Waals surface area contributed by atoms with Crippen LogP contribution in [0.25, 0.3) is 0 Å². The first-order chi connectivity index (χ1) is 8.42. The number of ketones is 1. The molecule has 0 atom stereocenters. The van der Waals surface area contributed by atoms with Crippen molar-refractivity contribution in [3.63, 3.8) is 0 Å². The van der Waals surface area contributed by atoms with E-state index in [9.17, 15) is 9.59 Å². The summed E-state index contributed by atoms with van der Waals surface area (Å²) in [4.78, 5) is 23.3. The normalized spacial score (nSPS) is 10.7. The van der Waals surface area contributed by atoms with Gasteiger partial charge in [0.2, 0.25) is 0 Å². The molecule has 0 saturated heterocycles. The number of hydrogen-bond donors (Lipinski definition) is 3. The molecule has 0 aromatic carbocycles. The van der Waals surface area contributed by atoms with E-state index in [0.717, 1.165) is 12.8 Å². The summed E-state index contributed by atoms with van der Waals surface area (Å²) in [7, 11) is 0. The topological polar surface area (TPSA) is 98.2 Å². The molecule has 0 radical (unpaired) electrons. The largest absolute Gasteiger partial charge is 0.397 e. The molecule has 5 N–H and O–H groups in total. The van der Waals surface area contributed by atoms with E-state index in [0.29, 0.717) is 9.88 Å². The maximum Gasteiger partial charge on any atom is 0.253 e. The molecule has 0 spiro atoms. The van der Waals surface area contributed by atoms with E-state index in [4.69, 9.17) is 11.5 Å². The van der Waals surface area contributed by atoms with Gasteiger partial charge < -0.3 is 16.8 Å². The molecule has 100 valence electrons. The number of amides is 1. The van der Waals surface area contributed by atoms with Crippen molar-refractivity contribution in [1.29, 1.82) is 0 Å². The van der Waals surface area contributed by atoms with Gasteiger partial charge in [-0.1, -0.05) is 13.8 Å². The summed E-state index contributed by atoms with van der Waals surface area (Å²) in [5, 5.41) is 3.83. The summed E-state index contributed by atoms with van der Waals surface area (Å²) in [5.41, 5.74) is 11.6. The first-order valence-electron chi connectivity index (χ1n) is 5.91. The van der Waals surface area contributed by atoms with Crippen LogP contribution in [0.3, 0.4) is 0 Å². The number of thiophene rings is 1. The van der Waals surface area contributed by atoms with Gasteiger partial charge in [-0.25, -0.2) is 0 Å². The summed E-state index contributed by atoms with van der Waals surface area (Å²) in [6.07, 6.45) is 1.84. The number of nitrogens with two attached hydrogens (primary N) is 2. The molecule has 0 aliphatic carbocycles. The van der Waals surface area contributed by atoms with Crippen molar-refractivity contribution in [2.24, 2.45) is 5.73 Å². The first-order valence-corrected chi connectivity index (χ1v) is 6.73. The molecular formula is C12H19N3O2S. The van der Waals surface area contributed by atoms with Crippen molar-refractivity contribution < 1.29 is 9.59 Å². The number of carbonyl (C=O) groups excluding carboxylic acids is 2. The molecule has 6 heteroatoms. The van der Waals surface area contributed by atoms with Crippen LogP contribution in [0.4, 0.5) is 10.7 Å². The molecule has 0 unspecified atom stereocenters. The molecule has 0 fully saturated rings. The van der Waals surface area contributed by atoms with Gasteiger partial charge in [0.25, 0.3) is 5.91 Å². The third-order valence-corrected chi connectivity index (χ3v) is 4.07. The standard InChI is InChI=1S/C12H19N3O2S/c1-4-7(5-2)15-12-8(11(14)17)9(13)10(18-12)6(3)16/h7,15H,4-5,13H2,1-3H3,(H2,14,17). The Bertz CT molecular complexity index is 464. The van der Waals surface area contributed by atoms with E-state index in [2.05, 4.69) is 5.32 Å². The Morgan fingerprint density at radius 2 is 1.89 bits per heavy atom. The smallest absolute Gasteiger partial charge is 0.253 e. The molecule has 0 bridgehead atoms. The number of hydrogen-bond acceptors (Lipinski definition) is 5. The van der Waals surface area contributed by atoms with Crippen LogP contribution in [0.1, 0.15) is 53.6 Å². The van der Waals surface area contributed by atoms with Crippen LogP contribution in [0, 0.1) is 0 Å². The second-order valence-corrected chi connectivity index (χ2v) is 5.15. The molecule has 1 rings (SSSR count). The summed E-state index contributed by atoms with van der Waals surface area (Å²) in [6, 6.07) is 0.237. The lowest BCUT2D eigenvalue weighted by Gasteiger charge is -2.15. The zero-order valence-corrected chi connectivity index (χ0v) is 11.7. The van der Waals surface area contributed by atoms with Crippen LogP contribution in [-0.4, -0.2) is 17.7 Å². The van der Waals surface area contributed by atoms with Crippen LogP contribution in [0.15, 0.2) is 0 Å². The third kappa shape index (κ3) is 2.81. The van der Waals surface area contributed by atoms with Crippen molar-refractivity contribution in [2.75, 3.05) is 11.1 Å². The average molecular weight is 269 g/mol. The van der Waals surface area contributed by atoms with E-state index in [1.54, 1.807) is 0 Å². The zero-order chi connectivity index (χ0) is 13.9. The van der Waals surface area contributed by atoms with Crippen LogP contribution >= 0.6 is 11.3 Å². The lowest BCUT2D eigenvalue weighted by atomic mass is 10.1. The fourth-order valence-corrected chi connectivity index (χ4v) is 2.83. The maximum atomic E-state index is 11.4. The van der Waals surface area contributed by atoms with Crippen LogP contribution in [0.5, 0.6) is 0 Å². The fourth-order valence-electron chi connectivity index (χ4n) is 1.73. The monoisotopic (exact) mass is 269 g/mol. The van der Waals surface area contributed by atoms with Crippen molar-refractivity contribution in [1.82, 2.24) is 0 Å². The van der Waals surface area contributed by atoms with E-state index in [1.165, 1.54) is 18.3 Å². The second-order valence-electron chi connectivity index (χ2n) is 4.13. The minimum absolute atomic E-state index is 0.155. The minimum Gasteiger partial charge on any atom is -0.397 e. The summed E-state index contributed by atoms with van der Waals surface area (Å²) < 4.78 is 0. The van der Waals surface area contributed by atoms with E-state index in [-0.39, 0.29) is 23.1 Å². The number of nitrogen functional groups attached to an aromatic ring is 1. The van der Waals surface area contributed by atoms with E-state index >= 15 is 0 Å². The third-order valence-electron chi connectivity index (χ3n) is 2.83. The highest BCUT2D eigenvalue weighted by molar-refractivity contribution is 7.19. The van der Waals surface area contributed by atoms with Gasteiger partial charge in [0.1, 0.15) is 5.00 Å². The number of primary amides is 1. The highest BCUT2D eigenvalue weighted by atomic mass is 32.1. The minimum atomic E-state index is -0.607. The van der Waals surface area contributed by atoms with Crippen molar-refractivity contribution in [3.8, 4) is 0 Å². The second kappa shape index (κ2) is 5.86. The Balaban J connectivity index is 3.21. The predicted octanol–water partition coefficient (Wildman–Crippen LogP) is 2.23. The highest BCUT2D eigenvalue weighted by Gasteiger charge is 2.23. The number of rotatable bonds is 6. The zero-order valence-electron chi connectivity index (χ0n) is 10.9. The average Bonchev–Trinajstić information content (AvgIpc) is 2.63. The molecule has 0 saturated carbocycles. The molecular weight excluding hydrogens is 250 g/mol. The SMILES string of the molecule is CCC(CC)Nc1sc(C(C)=O)c(N)c1C(N)=O. The van der Waals surface area contributed by atoms with Gasteiger partial charge in [-0.05, 0) is 12.8 Å². The lowest BCUT2D eigenvalue weighted by Crippen LogP contribution is -2.20. The number of nitrogens with one attached hydrogen (secondary N) is 1. The molecule has 1 heterocycles. The van der Waals surface area contributed by atoms with Gasteiger partial charge in [-0.15, -0.1) is 11.3 Å². The molecule has 18 heavy (non-hydrogen) atoms. The Kier molecular flexibility index (Phi) is 4.72. The predicted molar refractivity (Wildman–Crippen MR) is 75.2 cm³/mol. The first kappa shape index (κ1) is 14.5. The van der Waals surface area contributed by atoms with Gasteiger partial charge in [-0.2, -0.15) is 0 Å². The number of carbonyl (C=O) groups is 2. The molecule has 1 amide bonds. The Morgan fingerprint density at radius 1 is 1.33 bits per heavy atom. The van der Waals surface area contributed by atoms with Gasteiger partial charge in [-0.3, -0.25) is 9.59 Å². The van der Waals surface area contributed by atoms with Gasteiger partial charge in [0.15, 0.2) is 5.78 Å². The van der Waals surface area contributed by atoms with E-state index in [1.807, 2.05) is 13.8 Å². The van der Waals surface area contributed by atoms with Gasteiger partial charge in [0.05, 0.1) is 16.1 Å². The molecule has 5 nitrogen and oxygen atoms in total. The van der Waals surface area contributed by atoms with Crippen molar-refractivity contribution in [2.45, 2.75) is 39.7 Å². The van der Waals surface area contributed by atoms with Crippen LogP contribution in [0.2, 0.25) is 0 Å². The highest BCUT2D eigenvalue weighted by Crippen LogP contribution is 2.36. The van der Waals surface area contributed by atoms with Crippen molar-refractivity contribution in [3.05, 3.63) is 10.4 Å². The Labute approximate surface area is 111 Å². The van der Waals surface area contributed by atoms with Crippen molar-refractivity contribution >= 4 is 33.7 Å². The summed E-state index contributed by atoms with van der Waals surface area (Å²) in [5.74, 6) is -0.762. The number of anilines is 2. The molecule has 0 aliphatic heterocycles.